The second-order valence-electron chi connectivity index (χ2n) is 7.17. The van der Waals surface area contributed by atoms with E-state index in [2.05, 4.69) is 51.3 Å². The molecule has 154 valence electrons. The molecule has 4 rings (SSSR count). The highest BCUT2D eigenvalue weighted by Gasteiger charge is 2.22. The second kappa shape index (κ2) is 8.47. The molecule has 2 aromatic heterocycles. The molecule has 12 heteroatoms. The number of imidazole rings is 1. The van der Waals surface area contributed by atoms with E-state index >= 15 is 0 Å². The Hall–Kier alpha value is -1.50. The van der Waals surface area contributed by atoms with Crippen molar-refractivity contribution in [1.29, 1.82) is 0 Å². The first kappa shape index (κ1) is 19.8. The number of halogens is 1. The lowest BCUT2D eigenvalue weighted by atomic mass is 10.3. The van der Waals surface area contributed by atoms with E-state index in [4.69, 9.17) is 0 Å². The Morgan fingerprint density at radius 3 is 2.71 bits per heavy atom. The van der Waals surface area contributed by atoms with Gasteiger partial charge in [-0.1, -0.05) is 12.8 Å². The van der Waals surface area contributed by atoms with Crippen LogP contribution in [0.15, 0.2) is 10.8 Å². The Morgan fingerprint density at radius 2 is 1.96 bits per heavy atom. The van der Waals surface area contributed by atoms with Crippen molar-refractivity contribution in [2.45, 2.75) is 31.7 Å². The van der Waals surface area contributed by atoms with Crippen LogP contribution in [0.25, 0.3) is 5.65 Å². The van der Waals surface area contributed by atoms with Gasteiger partial charge in [-0.05, 0) is 28.8 Å². The zero-order chi connectivity index (χ0) is 19.6. The highest BCUT2D eigenvalue weighted by Crippen LogP contribution is 2.21. The maximum Gasteiger partial charge on any atom is 0.245 e. The van der Waals surface area contributed by atoms with Crippen molar-refractivity contribution in [2.24, 2.45) is 0 Å². The lowest BCUT2D eigenvalue weighted by molar-refractivity contribution is 0.552. The van der Waals surface area contributed by atoms with Crippen LogP contribution in [-0.4, -0.2) is 72.5 Å². The van der Waals surface area contributed by atoms with Crippen LogP contribution >= 0.6 is 15.9 Å². The van der Waals surface area contributed by atoms with Gasteiger partial charge in [-0.2, -0.15) is 4.98 Å². The van der Waals surface area contributed by atoms with Crippen molar-refractivity contribution in [3.8, 4) is 0 Å². The van der Waals surface area contributed by atoms with Gasteiger partial charge in [0, 0.05) is 38.8 Å². The summed E-state index contributed by atoms with van der Waals surface area (Å²) >= 11 is 3.37. The smallest absolute Gasteiger partial charge is 0.245 e. The van der Waals surface area contributed by atoms with Crippen molar-refractivity contribution >= 4 is 43.4 Å². The fourth-order valence-corrected chi connectivity index (χ4v) is 5.22. The summed E-state index contributed by atoms with van der Waals surface area (Å²) < 4.78 is 29.8. The molecule has 0 bridgehead atoms. The molecule has 0 radical (unpaired) electrons. The van der Waals surface area contributed by atoms with Crippen LogP contribution in [0.2, 0.25) is 0 Å². The van der Waals surface area contributed by atoms with Gasteiger partial charge in [-0.3, -0.25) is 0 Å². The van der Waals surface area contributed by atoms with Crippen LogP contribution in [0.4, 0.5) is 11.8 Å². The highest BCUT2D eigenvalue weighted by atomic mass is 79.9. The molecule has 3 heterocycles. The van der Waals surface area contributed by atoms with Crippen molar-refractivity contribution in [2.75, 3.05) is 48.7 Å². The number of nitrogens with one attached hydrogen (secondary N) is 3. The first-order valence-electron chi connectivity index (χ1n) is 9.63. The van der Waals surface area contributed by atoms with Crippen molar-refractivity contribution in [3.63, 3.8) is 0 Å². The van der Waals surface area contributed by atoms with E-state index in [9.17, 15) is 8.42 Å². The lowest BCUT2D eigenvalue weighted by Crippen LogP contribution is -2.44. The molecule has 1 aliphatic heterocycles. The van der Waals surface area contributed by atoms with Gasteiger partial charge < -0.3 is 15.5 Å². The third kappa shape index (κ3) is 4.73. The molecule has 1 saturated carbocycles. The van der Waals surface area contributed by atoms with Gasteiger partial charge in [-0.25, -0.2) is 22.6 Å². The number of rotatable bonds is 7. The van der Waals surface area contributed by atoms with Crippen molar-refractivity contribution in [1.82, 2.24) is 29.6 Å². The van der Waals surface area contributed by atoms with Crippen LogP contribution in [0.5, 0.6) is 0 Å². The predicted molar refractivity (Wildman–Crippen MR) is 111 cm³/mol. The highest BCUT2D eigenvalue weighted by molar-refractivity contribution is 9.10. The fraction of sp³-hybridized carbons (Fsp3) is 0.688. The summed E-state index contributed by atoms with van der Waals surface area (Å²) in [6.45, 7) is 3.65. The van der Waals surface area contributed by atoms with Crippen LogP contribution in [0.1, 0.15) is 25.7 Å². The molecule has 1 aliphatic carbocycles. The van der Waals surface area contributed by atoms with Gasteiger partial charge in [-0.15, -0.1) is 5.10 Å². The summed E-state index contributed by atoms with van der Waals surface area (Å²) in [5, 5.41) is 11.0. The first-order chi connectivity index (χ1) is 13.5. The van der Waals surface area contributed by atoms with Crippen LogP contribution < -0.4 is 20.3 Å². The van der Waals surface area contributed by atoms with Crippen LogP contribution in [0, 0.1) is 0 Å². The summed E-state index contributed by atoms with van der Waals surface area (Å²) in [5.74, 6) is 1.13. The maximum atomic E-state index is 12.3. The van der Waals surface area contributed by atoms with E-state index in [-0.39, 0.29) is 18.3 Å². The Morgan fingerprint density at radius 1 is 1.21 bits per heavy atom. The van der Waals surface area contributed by atoms with Gasteiger partial charge in [0.15, 0.2) is 11.5 Å². The minimum atomic E-state index is -3.32. The Labute approximate surface area is 172 Å². The van der Waals surface area contributed by atoms with E-state index < -0.39 is 10.0 Å². The van der Waals surface area contributed by atoms with Crippen LogP contribution in [0.3, 0.4) is 0 Å². The zero-order valence-electron chi connectivity index (χ0n) is 15.6. The van der Waals surface area contributed by atoms with Gasteiger partial charge in [0.1, 0.15) is 4.60 Å². The van der Waals surface area contributed by atoms with Gasteiger partial charge in [0.2, 0.25) is 16.0 Å². The molecule has 0 amide bonds. The molecule has 2 fully saturated rings. The molecule has 3 N–H and O–H groups in total. The molecule has 2 aromatic rings. The lowest BCUT2D eigenvalue weighted by Gasteiger charge is -2.27. The molecule has 0 atom stereocenters. The number of piperazine rings is 1. The van der Waals surface area contributed by atoms with E-state index in [1.165, 1.54) is 0 Å². The van der Waals surface area contributed by atoms with E-state index in [1.54, 1.807) is 10.7 Å². The monoisotopic (exact) mass is 472 g/mol. The number of sulfonamides is 1. The number of hydrogen-bond donors (Lipinski definition) is 3. The topological polar surface area (TPSA) is 117 Å². The molecule has 28 heavy (non-hydrogen) atoms. The molecule has 0 aromatic carbocycles. The van der Waals surface area contributed by atoms with Gasteiger partial charge in [0.25, 0.3) is 0 Å². The molecule has 10 nitrogen and oxygen atoms in total. The minimum Gasteiger partial charge on any atom is -0.366 e. The third-order valence-electron chi connectivity index (χ3n) is 5.04. The van der Waals surface area contributed by atoms with E-state index in [1.807, 2.05) is 0 Å². The van der Waals surface area contributed by atoms with Gasteiger partial charge in [0.05, 0.1) is 11.9 Å². The molecule has 0 unspecified atom stereocenters. The molecular formula is C16H25BrN8O2S. The average Bonchev–Trinajstić information content (AvgIpc) is 3.30. The second-order valence-corrected chi connectivity index (χ2v) is 9.86. The Kier molecular flexibility index (Phi) is 5.99. The normalized spacial score (nSPS) is 18.8. The SMILES string of the molecule is O=S(=O)(CCNc1nc(N2CCNCC2)nn2cc(Br)nc12)NC1CCCC1. The number of fused-ring (bicyclic) bond motifs is 1. The minimum absolute atomic E-state index is 0.00942. The maximum absolute atomic E-state index is 12.3. The molecule has 2 aliphatic rings. The quantitative estimate of drug-likeness (QED) is 0.535. The standard InChI is InChI=1S/C16H25BrN8O2S/c17-13-11-25-15(20-13)14(21-16(22-25)24-8-5-18-6-9-24)19-7-10-28(26,27)23-12-3-1-2-4-12/h11-12,18,23H,1-10H2,(H,19,21,22). The average molecular weight is 473 g/mol. The zero-order valence-corrected chi connectivity index (χ0v) is 18.0. The summed E-state index contributed by atoms with van der Waals surface area (Å²) in [6.07, 6.45) is 5.80. The summed E-state index contributed by atoms with van der Waals surface area (Å²) in [7, 11) is -3.32. The summed E-state index contributed by atoms with van der Waals surface area (Å²) in [6, 6.07) is 0.0818. The van der Waals surface area contributed by atoms with Gasteiger partial charge >= 0.3 is 0 Å². The van der Waals surface area contributed by atoms with Crippen molar-refractivity contribution in [3.05, 3.63) is 10.8 Å². The Bertz CT molecular complexity index is 922. The summed E-state index contributed by atoms with van der Waals surface area (Å²) in [5.41, 5.74) is 0.562. The molecule has 0 spiro atoms. The number of hydrogen-bond acceptors (Lipinski definition) is 8. The predicted octanol–water partition coefficient (Wildman–Crippen LogP) is 0.570. The summed E-state index contributed by atoms with van der Waals surface area (Å²) in [4.78, 5) is 11.1. The Balaban J connectivity index is 1.47. The number of aromatic nitrogens is 4. The third-order valence-corrected chi connectivity index (χ3v) is 6.86. The van der Waals surface area contributed by atoms with Crippen LogP contribution in [-0.2, 0) is 10.0 Å². The molecule has 1 saturated heterocycles. The van der Waals surface area contributed by atoms with E-state index in [0.29, 0.717) is 22.0 Å². The fourth-order valence-electron chi connectivity index (χ4n) is 3.63. The largest absolute Gasteiger partial charge is 0.366 e. The number of anilines is 2. The number of nitrogens with zero attached hydrogens (tertiary/aromatic N) is 5. The van der Waals surface area contributed by atoms with E-state index in [0.717, 1.165) is 51.9 Å². The van der Waals surface area contributed by atoms with Crippen molar-refractivity contribution < 1.29 is 8.42 Å². The molecular weight excluding hydrogens is 448 g/mol. The first-order valence-corrected chi connectivity index (χ1v) is 12.1.